The molecule has 1 aromatic carbocycles. The second-order valence-corrected chi connectivity index (χ2v) is 17.4. The normalized spacial score (nSPS) is 45.9. The molecule has 3 nitrogen and oxygen atoms in total. The summed E-state index contributed by atoms with van der Waals surface area (Å²) >= 11 is 0. The number of allylic oxidation sites excluding steroid dienone is 2. The van der Waals surface area contributed by atoms with Gasteiger partial charge in [0.1, 0.15) is 0 Å². The van der Waals surface area contributed by atoms with E-state index in [0.29, 0.717) is 24.4 Å². The molecule has 6 rings (SSSR count). The Morgan fingerprint density at radius 1 is 0.881 bits per heavy atom. The van der Waals surface area contributed by atoms with Gasteiger partial charge in [0, 0.05) is 0 Å². The Bertz CT molecular complexity index is 1220. The quantitative estimate of drug-likeness (QED) is 0.216. The molecule has 2 unspecified atom stereocenters. The van der Waals surface area contributed by atoms with Crippen LogP contribution in [0.5, 0.6) is 0 Å². The lowest BCUT2D eigenvalue weighted by molar-refractivity contribution is -0.203. The molecule has 3 heteroatoms. The predicted molar refractivity (Wildman–Crippen MR) is 171 cm³/mol. The number of carbonyl (C=O) groups excluding carboxylic acids is 1. The average Bonchev–Trinajstić information content (AvgIpc) is 2.95. The van der Waals surface area contributed by atoms with Crippen molar-refractivity contribution >= 4 is 5.97 Å². The Balaban J connectivity index is 1.23. The number of esters is 1. The van der Waals surface area contributed by atoms with Crippen LogP contribution in [0.2, 0.25) is 0 Å². The van der Waals surface area contributed by atoms with Crippen molar-refractivity contribution in [1.82, 2.24) is 0 Å². The molecule has 0 heterocycles. The first kappa shape index (κ1) is 30.4. The molecule has 0 aromatic heterocycles. The molecule has 232 valence electrons. The van der Waals surface area contributed by atoms with Crippen molar-refractivity contribution in [2.75, 3.05) is 6.61 Å². The molecule has 9 atom stereocenters. The van der Waals surface area contributed by atoms with E-state index in [4.69, 9.17) is 4.74 Å². The van der Waals surface area contributed by atoms with Gasteiger partial charge in [-0.05, 0) is 134 Å². The van der Waals surface area contributed by atoms with Crippen molar-refractivity contribution in [3.8, 4) is 0 Å². The summed E-state index contributed by atoms with van der Waals surface area (Å²) in [6.07, 6.45) is 15.6. The fourth-order valence-corrected chi connectivity index (χ4v) is 11.8. The summed E-state index contributed by atoms with van der Waals surface area (Å²) in [7, 11) is 0. The van der Waals surface area contributed by atoms with Gasteiger partial charge in [0.05, 0.1) is 18.1 Å². The van der Waals surface area contributed by atoms with Crippen LogP contribution in [-0.2, 0) is 16.0 Å². The molecule has 1 aromatic rings. The molecule has 5 aliphatic rings. The van der Waals surface area contributed by atoms with E-state index in [1.165, 1.54) is 31.2 Å². The smallest absolute Gasteiger partial charge is 0.311 e. The van der Waals surface area contributed by atoms with Crippen molar-refractivity contribution in [3.63, 3.8) is 0 Å². The van der Waals surface area contributed by atoms with Crippen LogP contribution in [-0.4, -0.2) is 23.8 Å². The largest absolute Gasteiger partial charge is 0.465 e. The fourth-order valence-electron chi connectivity index (χ4n) is 11.8. The first-order chi connectivity index (χ1) is 19.7. The SMILES string of the molecule is CC1(C)C2CC[C@]3(C)C(CC=C4[C@@H]5C[C@@](C)(C(=O)OCCCc6ccccc6)CC[C@]5(C)CC[C@]43C)[C@@]2(C)CC[C@@H]1O. The zero-order valence-corrected chi connectivity index (χ0v) is 27.7. The third-order valence-corrected chi connectivity index (χ3v) is 15.0. The first-order valence-electron chi connectivity index (χ1n) is 17.3. The molecular weight excluding hydrogens is 516 g/mol. The van der Waals surface area contributed by atoms with E-state index in [0.717, 1.165) is 51.4 Å². The Morgan fingerprint density at radius 3 is 2.33 bits per heavy atom. The monoisotopic (exact) mass is 574 g/mol. The summed E-state index contributed by atoms with van der Waals surface area (Å²) in [4.78, 5) is 13.7. The van der Waals surface area contributed by atoms with E-state index in [1.807, 2.05) is 6.07 Å². The minimum Gasteiger partial charge on any atom is -0.465 e. The average molecular weight is 575 g/mol. The van der Waals surface area contributed by atoms with Crippen LogP contribution in [0.15, 0.2) is 42.0 Å². The molecule has 4 saturated carbocycles. The molecule has 0 aliphatic heterocycles. The van der Waals surface area contributed by atoms with Crippen molar-refractivity contribution in [3.05, 3.63) is 47.5 Å². The van der Waals surface area contributed by atoms with Crippen LogP contribution in [0, 0.1) is 50.2 Å². The lowest BCUT2D eigenvalue weighted by Crippen LogP contribution is -2.64. The summed E-state index contributed by atoms with van der Waals surface area (Å²) in [5.74, 6) is 1.72. The number of hydrogen-bond acceptors (Lipinski definition) is 3. The molecule has 5 aliphatic carbocycles. The predicted octanol–water partition coefficient (Wildman–Crippen LogP) is 9.33. The fraction of sp³-hybridized carbons (Fsp3) is 0.769. The van der Waals surface area contributed by atoms with Crippen molar-refractivity contribution < 1.29 is 14.6 Å². The summed E-state index contributed by atoms with van der Waals surface area (Å²) in [5.41, 5.74) is 3.56. The van der Waals surface area contributed by atoms with E-state index < -0.39 is 5.41 Å². The zero-order valence-electron chi connectivity index (χ0n) is 27.7. The maximum absolute atomic E-state index is 13.7. The number of benzene rings is 1. The number of ether oxygens (including phenoxy) is 1. The number of hydrogen-bond donors (Lipinski definition) is 1. The highest BCUT2D eigenvalue weighted by Gasteiger charge is 2.68. The molecule has 0 saturated heterocycles. The number of rotatable bonds is 5. The second kappa shape index (κ2) is 10.2. The summed E-state index contributed by atoms with van der Waals surface area (Å²) < 4.78 is 6.01. The van der Waals surface area contributed by atoms with Gasteiger partial charge in [-0.3, -0.25) is 4.79 Å². The lowest BCUT2D eigenvalue weighted by atomic mass is 9.33. The Kier molecular flexibility index (Phi) is 7.40. The number of aryl methyl sites for hydroxylation is 1. The van der Waals surface area contributed by atoms with Crippen molar-refractivity contribution in [2.45, 2.75) is 132 Å². The standard InChI is InChI=1S/C39H58O3/c1-34(2)30-17-20-39(7)31(37(30,5)19-18-32(34)40)16-15-28-29-26-36(4,22-21-35(29,3)23-24-38(28,39)6)33(41)42-25-11-14-27-12-9-8-10-13-27/h8-10,12-13,15,29-32,40H,11,14,16-26H2,1-7H3/t29-,30?,31?,32-,35+,36-,37-,38+,39+/m0/s1. The number of aliphatic hydroxyl groups is 1. The van der Waals surface area contributed by atoms with Crippen LogP contribution in [0.3, 0.4) is 0 Å². The van der Waals surface area contributed by atoms with Crippen LogP contribution in [0.4, 0.5) is 0 Å². The third-order valence-electron chi connectivity index (χ3n) is 15.0. The van der Waals surface area contributed by atoms with Gasteiger partial charge in [0.2, 0.25) is 0 Å². The van der Waals surface area contributed by atoms with Gasteiger partial charge in [-0.2, -0.15) is 0 Å². The molecule has 1 N–H and O–H groups in total. The molecule has 0 amide bonds. The van der Waals surface area contributed by atoms with Crippen LogP contribution in [0.25, 0.3) is 0 Å². The Morgan fingerprint density at radius 2 is 1.60 bits per heavy atom. The molecule has 42 heavy (non-hydrogen) atoms. The topological polar surface area (TPSA) is 46.5 Å². The maximum Gasteiger partial charge on any atom is 0.311 e. The Labute approximate surface area is 256 Å². The lowest BCUT2D eigenvalue weighted by Gasteiger charge is -2.71. The van der Waals surface area contributed by atoms with Crippen molar-refractivity contribution in [1.29, 1.82) is 0 Å². The van der Waals surface area contributed by atoms with Gasteiger partial charge in [-0.25, -0.2) is 0 Å². The van der Waals surface area contributed by atoms with Crippen LogP contribution in [0.1, 0.15) is 125 Å². The second-order valence-electron chi connectivity index (χ2n) is 17.4. The number of fused-ring (bicyclic) bond motifs is 7. The van der Waals surface area contributed by atoms with Gasteiger partial charge in [0.25, 0.3) is 0 Å². The minimum atomic E-state index is -0.402. The molecule has 0 spiro atoms. The van der Waals surface area contributed by atoms with E-state index in [2.05, 4.69) is 78.8 Å². The minimum absolute atomic E-state index is 0.0169. The summed E-state index contributed by atoms with van der Waals surface area (Å²) in [6, 6.07) is 10.5. The number of carbonyl (C=O) groups is 1. The van der Waals surface area contributed by atoms with Gasteiger partial charge >= 0.3 is 5.97 Å². The molecular formula is C39H58O3. The molecule has 0 radical (unpaired) electrons. The highest BCUT2D eigenvalue weighted by Crippen LogP contribution is 2.75. The van der Waals surface area contributed by atoms with E-state index in [1.54, 1.807) is 5.57 Å². The summed E-state index contributed by atoms with van der Waals surface area (Å²) in [5, 5.41) is 11.0. The van der Waals surface area contributed by atoms with Crippen LogP contribution >= 0.6 is 0 Å². The summed E-state index contributed by atoms with van der Waals surface area (Å²) in [6.45, 7) is 17.8. The van der Waals surface area contributed by atoms with Gasteiger partial charge in [-0.15, -0.1) is 0 Å². The highest BCUT2D eigenvalue weighted by molar-refractivity contribution is 5.76. The van der Waals surface area contributed by atoms with Gasteiger partial charge in [-0.1, -0.05) is 83.5 Å². The maximum atomic E-state index is 13.7. The molecule has 4 fully saturated rings. The Hall–Kier alpha value is -1.61. The van der Waals surface area contributed by atoms with E-state index in [-0.39, 0.29) is 39.1 Å². The van der Waals surface area contributed by atoms with Gasteiger partial charge < -0.3 is 9.84 Å². The van der Waals surface area contributed by atoms with Crippen molar-refractivity contribution in [2.24, 2.45) is 50.2 Å². The van der Waals surface area contributed by atoms with Gasteiger partial charge in [0.15, 0.2) is 0 Å². The van der Waals surface area contributed by atoms with E-state index in [9.17, 15) is 9.90 Å². The van der Waals surface area contributed by atoms with Crippen LogP contribution < -0.4 is 0 Å². The van der Waals surface area contributed by atoms with E-state index >= 15 is 0 Å². The zero-order chi connectivity index (χ0) is 30.2. The first-order valence-corrected chi connectivity index (χ1v) is 17.3. The third kappa shape index (κ3) is 4.40. The number of aliphatic hydroxyl groups excluding tert-OH is 1. The molecule has 0 bridgehead atoms. The highest BCUT2D eigenvalue weighted by atomic mass is 16.5.